The Labute approximate surface area is 617 Å². The predicted octanol–water partition coefficient (Wildman–Crippen LogP) is 24.0. The van der Waals surface area contributed by atoms with Crippen molar-refractivity contribution in [3.8, 4) is 33.8 Å². The molecule has 0 amide bonds. The van der Waals surface area contributed by atoms with Crippen LogP contribution in [0.25, 0.3) is 22.3 Å². The molecule has 0 saturated heterocycles. The molecule has 0 bridgehead atoms. The molecule has 10 rings (SSSR count). The van der Waals surface area contributed by atoms with Crippen molar-refractivity contribution in [3.63, 3.8) is 0 Å². The Bertz CT molecular complexity index is 3850. The second kappa shape index (κ2) is 40.6. The van der Waals surface area contributed by atoms with Crippen LogP contribution in [0, 0.1) is 11.8 Å². The molecule has 4 N–H and O–H groups in total. The molecule has 12 nitrogen and oxygen atoms in total. The van der Waals surface area contributed by atoms with Crippen molar-refractivity contribution >= 4 is 57.8 Å². The van der Waals surface area contributed by atoms with Gasteiger partial charge in [0.25, 0.3) is 0 Å². The van der Waals surface area contributed by atoms with E-state index < -0.39 is 0 Å². The van der Waals surface area contributed by atoms with Gasteiger partial charge in [-0.2, -0.15) is 0 Å². The Morgan fingerprint density at radius 2 is 0.587 bits per heavy atom. The highest BCUT2D eigenvalue weighted by molar-refractivity contribution is 6.32. The first-order valence-electron chi connectivity index (χ1n) is 39.2. The zero-order valence-electron chi connectivity index (χ0n) is 61.5. The first-order valence-corrected chi connectivity index (χ1v) is 39.2. The van der Waals surface area contributed by atoms with Crippen LogP contribution in [-0.4, -0.2) is 45.3 Å². The van der Waals surface area contributed by atoms with Crippen molar-refractivity contribution in [3.05, 3.63) is 225 Å². The average Bonchev–Trinajstić information content (AvgIpc) is 0.751. The highest BCUT2D eigenvalue weighted by atomic mass is 16.5. The standard InChI is InChI=1S/C92H108N2O10/c1-3-5-7-23-33-67(35-25-19-15-11-9-13-17-21-27-41-83(97)103-63-65-43-47-69(48-44-65)71-51-55-73(56-52-71)93-79-59-61-81(95)87-85(79)89(99)75-37-29-31-39-77(75)91(87)101)68(34-24-8-6-4-2)36-26-20-16-12-10-14-18-22-28-42-84(98)104-64-66-45-49-70(50-46-66)72-53-57-74(58-54-72)94-80-60-62-82(96)88-86(80)90(100)76-38-30-32-40-78(76)92(88)102/h29-32,37-40,43-62,67-68,93-96H,3-28,33-36,41-42,63-64H2,1-2H3. The number of aromatic hydroxyl groups is 2. The number of ether oxygens (including phenoxy) is 2. The number of anilines is 4. The topological polar surface area (TPSA) is 185 Å². The van der Waals surface area contributed by atoms with Crippen molar-refractivity contribution in [2.45, 2.75) is 233 Å². The number of ketones is 4. The van der Waals surface area contributed by atoms with Gasteiger partial charge in [-0.1, -0.05) is 315 Å². The van der Waals surface area contributed by atoms with E-state index in [2.05, 4.69) is 24.5 Å². The molecule has 0 aromatic heterocycles. The number of hydrogen-bond acceptors (Lipinski definition) is 12. The second-order valence-electron chi connectivity index (χ2n) is 29.0. The van der Waals surface area contributed by atoms with E-state index in [-0.39, 0.29) is 93.2 Å². The van der Waals surface area contributed by atoms with Gasteiger partial charge in [0.05, 0.1) is 33.6 Å². The fourth-order valence-corrected chi connectivity index (χ4v) is 15.2. The zero-order valence-corrected chi connectivity index (χ0v) is 61.5. The molecular weight excluding hydrogens is 1290 g/mol. The number of fused-ring (bicyclic) bond motifs is 4. The molecule has 0 saturated carbocycles. The normalized spacial score (nSPS) is 12.8. The second-order valence-corrected chi connectivity index (χ2v) is 29.0. The molecule has 2 aliphatic rings. The van der Waals surface area contributed by atoms with E-state index in [0.29, 0.717) is 35.3 Å². The lowest BCUT2D eigenvalue weighted by Crippen LogP contribution is -2.22. The molecule has 0 heterocycles. The Kier molecular flexibility index (Phi) is 30.1. The first kappa shape index (κ1) is 77.2. The van der Waals surface area contributed by atoms with Gasteiger partial charge in [0, 0.05) is 46.5 Å². The van der Waals surface area contributed by atoms with Gasteiger partial charge >= 0.3 is 11.9 Å². The highest BCUT2D eigenvalue weighted by Crippen LogP contribution is 2.41. The molecule has 104 heavy (non-hydrogen) atoms. The SMILES string of the molecule is CCCCCCC(CCCCCCCCCCCC(=O)OCc1ccc(-c2ccc(Nc3ccc(O)c4c3C(=O)c3ccccc3C4=O)cc2)cc1)C(CCCCCC)CCCCCCCCCCCC(=O)OCc1ccc(-c2ccc(Nc3ccc(O)c4c3C(=O)c3ccccc3C4=O)cc2)cc1. The van der Waals surface area contributed by atoms with Crippen molar-refractivity contribution in [1.82, 2.24) is 0 Å². The van der Waals surface area contributed by atoms with Crippen LogP contribution in [0.15, 0.2) is 170 Å². The van der Waals surface area contributed by atoms with Crippen LogP contribution in [-0.2, 0) is 32.3 Å². The van der Waals surface area contributed by atoms with Crippen LogP contribution >= 0.6 is 0 Å². The molecule has 2 unspecified atom stereocenters. The molecule has 0 fully saturated rings. The summed E-state index contributed by atoms with van der Waals surface area (Å²) in [5.41, 5.74) is 9.83. The Morgan fingerprint density at radius 3 is 0.894 bits per heavy atom. The van der Waals surface area contributed by atoms with E-state index in [4.69, 9.17) is 9.47 Å². The molecule has 8 aromatic rings. The molecule has 0 spiro atoms. The van der Waals surface area contributed by atoms with Crippen molar-refractivity contribution in [1.29, 1.82) is 0 Å². The van der Waals surface area contributed by atoms with Crippen LogP contribution in [0.5, 0.6) is 11.5 Å². The van der Waals surface area contributed by atoms with E-state index in [9.17, 15) is 39.0 Å². The Hall–Kier alpha value is -9.42. The van der Waals surface area contributed by atoms with Crippen LogP contribution in [0.1, 0.15) is 294 Å². The lowest BCUT2D eigenvalue weighted by Gasteiger charge is -2.28. The van der Waals surface area contributed by atoms with E-state index in [0.717, 1.165) is 95.1 Å². The highest BCUT2D eigenvalue weighted by Gasteiger charge is 2.36. The minimum Gasteiger partial charge on any atom is -0.507 e. The summed E-state index contributed by atoms with van der Waals surface area (Å²) in [5, 5.41) is 27.8. The summed E-state index contributed by atoms with van der Waals surface area (Å²) in [4.78, 5) is 79.1. The van der Waals surface area contributed by atoms with Crippen LogP contribution in [0.4, 0.5) is 22.7 Å². The Balaban J connectivity index is 0.542. The number of esters is 2. The maximum atomic E-state index is 13.5. The number of rotatable bonds is 45. The van der Waals surface area contributed by atoms with Gasteiger partial charge in [0.1, 0.15) is 24.7 Å². The molecule has 0 radical (unpaired) electrons. The summed E-state index contributed by atoms with van der Waals surface area (Å²) in [7, 11) is 0. The largest absolute Gasteiger partial charge is 0.507 e. The van der Waals surface area contributed by atoms with E-state index in [1.165, 1.54) is 166 Å². The number of benzene rings is 8. The fourth-order valence-electron chi connectivity index (χ4n) is 15.2. The number of nitrogens with one attached hydrogen (secondary N) is 2. The quantitative estimate of drug-likeness (QED) is 0.0161. The minimum atomic E-state index is -0.374. The van der Waals surface area contributed by atoms with Crippen molar-refractivity contribution in [2.24, 2.45) is 11.8 Å². The van der Waals surface area contributed by atoms with E-state index >= 15 is 0 Å². The molecule has 2 atom stereocenters. The van der Waals surface area contributed by atoms with E-state index in [1.54, 1.807) is 60.7 Å². The third-order valence-electron chi connectivity index (χ3n) is 21.2. The van der Waals surface area contributed by atoms with Crippen LogP contribution < -0.4 is 10.6 Å². The third-order valence-corrected chi connectivity index (χ3v) is 21.2. The smallest absolute Gasteiger partial charge is 0.306 e. The van der Waals surface area contributed by atoms with Gasteiger partial charge in [0.15, 0.2) is 23.1 Å². The Morgan fingerprint density at radius 1 is 0.317 bits per heavy atom. The lowest BCUT2D eigenvalue weighted by atomic mass is 9.78. The zero-order chi connectivity index (χ0) is 72.8. The summed E-state index contributed by atoms with van der Waals surface area (Å²) in [6.45, 7) is 5.13. The lowest BCUT2D eigenvalue weighted by molar-refractivity contribution is -0.146. The molecule has 0 aliphatic heterocycles. The molecule has 12 heteroatoms. The van der Waals surface area contributed by atoms with Gasteiger partial charge in [-0.05, 0) is 107 Å². The fraction of sp³-hybridized carbons (Fsp3) is 0.413. The summed E-state index contributed by atoms with van der Waals surface area (Å²) in [6.07, 6.45) is 39.1. The van der Waals surface area contributed by atoms with Gasteiger partial charge in [-0.3, -0.25) is 28.8 Å². The molecule has 2 aliphatic carbocycles. The molecular formula is C92H108N2O10. The van der Waals surface area contributed by atoms with Gasteiger partial charge in [-0.25, -0.2) is 0 Å². The number of phenolic OH excluding ortho intramolecular Hbond substituents is 2. The third kappa shape index (κ3) is 21.8. The van der Waals surface area contributed by atoms with Crippen molar-refractivity contribution < 1.29 is 48.5 Å². The van der Waals surface area contributed by atoms with Crippen molar-refractivity contribution in [2.75, 3.05) is 10.6 Å². The summed E-state index contributed by atoms with van der Waals surface area (Å²) >= 11 is 0. The maximum absolute atomic E-state index is 13.5. The number of hydrogen-bond donors (Lipinski definition) is 4. The number of unbranched alkanes of at least 4 members (excludes halogenated alkanes) is 22. The summed E-state index contributed by atoms with van der Waals surface area (Å²) < 4.78 is 11.3. The number of carbonyl (C=O) groups excluding carboxylic acids is 6. The number of phenols is 2. The predicted molar refractivity (Wildman–Crippen MR) is 419 cm³/mol. The average molecular weight is 1400 g/mol. The maximum Gasteiger partial charge on any atom is 0.306 e. The van der Waals surface area contributed by atoms with Gasteiger partial charge in [-0.15, -0.1) is 0 Å². The number of carbonyl (C=O) groups is 6. The van der Waals surface area contributed by atoms with Crippen LogP contribution in [0.3, 0.4) is 0 Å². The monoisotopic (exact) mass is 1400 g/mol. The van der Waals surface area contributed by atoms with Crippen LogP contribution in [0.2, 0.25) is 0 Å². The first-order chi connectivity index (χ1) is 50.9. The van der Waals surface area contributed by atoms with E-state index in [1.807, 2.05) is 97.1 Å². The van der Waals surface area contributed by atoms with Gasteiger partial charge < -0.3 is 30.3 Å². The molecule has 546 valence electrons. The van der Waals surface area contributed by atoms with Gasteiger partial charge in [0.2, 0.25) is 0 Å². The summed E-state index contributed by atoms with van der Waals surface area (Å²) in [6, 6.07) is 51.1. The summed E-state index contributed by atoms with van der Waals surface area (Å²) in [5.74, 6) is -0.372. The minimum absolute atomic E-state index is 0.0160. The molecule has 8 aromatic carbocycles.